The van der Waals surface area contributed by atoms with E-state index in [4.69, 9.17) is 17.3 Å². The van der Waals surface area contributed by atoms with Gasteiger partial charge in [0.15, 0.2) is 5.69 Å². The summed E-state index contributed by atoms with van der Waals surface area (Å²) in [6.07, 6.45) is 1.62. The third-order valence-corrected chi connectivity index (χ3v) is 5.22. The Bertz CT molecular complexity index is 1150. The van der Waals surface area contributed by atoms with Gasteiger partial charge in [-0.2, -0.15) is 0 Å². The first kappa shape index (κ1) is 22.4. The van der Waals surface area contributed by atoms with Crippen LogP contribution in [-0.4, -0.2) is 15.5 Å². The van der Waals surface area contributed by atoms with E-state index in [1.807, 2.05) is 37.3 Å². The van der Waals surface area contributed by atoms with Gasteiger partial charge in [-0.1, -0.05) is 67.4 Å². The number of unbranched alkanes of at least 4 members (excludes halogenated alkanes) is 1. The molecule has 3 aromatic rings. The molecule has 3 N–H and O–H groups in total. The number of H-pyrrole nitrogens is 1. The predicted octanol–water partition coefficient (Wildman–Crippen LogP) is 3.35. The van der Waals surface area contributed by atoms with Crippen LogP contribution in [0.4, 0.5) is 11.5 Å². The van der Waals surface area contributed by atoms with Gasteiger partial charge in [0.1, 0.15) is 5.82 Å². The number of anilines is 2. The molecule has 7 nitrogen and oxygen atoms in total. The average molecular weight is 441 g/mol. The maximum atomic E-state index is 13.3. The van der Waals surface area contributed by atoms with Crippen molar-refractivity contribution in [3.63, 3.8) is 0 Å². The van der Waals surface area contributed by atoms with Crippen LogP contribution in [0.2, 0.25) is 5.02 Å². The van der Waals surface area contributed by atoms with Crippen molar-refractivity contribution in [2.24, 2.45) is 0 Å². The minimum Gasteiger partial charge on any atom is -0.383 e. The standard InChI is InChI=1S/C23H25ClN4O3/c1-2-3-13-27-21(25)20(22(30)26-23(27)31)28(15-17-7-5-4-6-8-17)19(29)14-16-9-11-18(24)12-10-16/h4-12H,2-3,13-15,25H2,1H3,(H,26,30,31). The molecule has 0 saturated heterocycles. The molecule has 1 amide bonds. The van der Waals surface area contributed by atoms with Crippen LogP contribution < -0.4 is 21.9 Å². The van der Waals surface area contributed by atoms with Crippen LogP contribution >= 0.6 is 11.6 Å². The highest BCUT2D eigenvalue weighted by Gasteiger charge is 2.24. The van der Waals surface area contributed by atoms with Gasteiger partial charge < -0.3 is 5.73 Å². The maximum absolute atomic E-state index is 13.3. The fraction of sp³-hybridized carbons (Fsp3) is 0.261. The summed E-state index contributed by atoms with van der Waals surface area (Å²) in [6, 6.07) is 16.2. The largest absolute Gasteiger partial charge is 0.383 e. The summed E-state index contributed by atoms with van der Waals surface area (Å²) in [4.78, 5) is 42.0. The number of aromatic amines is 1. The molecular weight excluding hydrogens is 416 g/mol. The number of aromatic nitrogens is 2. The van der Waals surface area contributed by atoms with E-state index in [0.29, 0.717) is 18.0 Å². The van der Waals surface area contributed by atoms with Crippen molar-refractivity contribution >= 4 is 29.0 Å². The monoisotopic (exact) mass is 440 g/mol. The zero-order valence-corrected chi connectivity index (χ0v) is 18.1. The zero-order valence-electron chi connectivity index (χ0n) is 17.3. The Hall–Kier alpha value is -3.32. The van der Waals surface area contributed by atoms with E-state index >= 15 is 0 Å². The third-order valence-electron chi connectivity index (χ3n) is 4.97. The number of nitrogens with one attached hydrogen (secondary N) is 1. The van der Waals surface area contributed by atoms with Crippen LogP contribution in [0.25, 0.3) is 0 Å². The molecule has 0 atom stereocenters. The van der Waals surface area contributed by atoms with Crippen molar-refractivity contribution in [3.05, 3.63) is 91.6 Å². The summed E-state index contributed by atoms with van der Waals surface area (Å²) in [5, 5.41) is 0.570. The van der Waals surface area contributed by atoms with E-state index in [0.717, 1.165) is 17.5 Å². The summed E-state index contributed by atoms with van der Waals surface area (Å²) < 4.78 is 1.31. The Kier molecular flexibility index (Phi) is 7.31. The number of rotatable bonds is 8. The first-order valence-electron chi connectivity index (χ1n) is 10.1. The summed E-state index contributed by atoms with van der Waals surface area (Å²) in [5.41, 5.74) is 6.57. The Morgan fingerprint density at radius 3 is 2.39 bits per heavy atom. The fourth-order valence-electron chi connectivity index (χ4n) is 3.31. The van der Waals surface area contributed by atoms with Crippen LogP contribution in [0.5, 0.6) is 0 Å². The van der Waals surface area contributed by atoms with E-state index in [1.54, 1.807) is 24.3 Å². The first-order valence-corrected chi connectivity index (χ1v) is 10.5. The van der Waals surface area contributed by atoms with Crippen LogP contribution in [0.3, 0.4) is 0 Å². The molecule has 1 aromatic heterocycles. The molecule has 162 valence electrons. The number of benzene rings is 2. The number of hydrogen-bond donors (Lipinski definition) is 2. The van der Waals surface area contributed by atoms with Gasteiger partial charge >= 0.3 is 5.69 Å². The first-order chi connectivity index (χ1) is 14.9. The summed E-state index contributed by atoms with van der Waals surface area (Å²) in [5.74, 6) is -0.327. The third kappa shape index (κ3) is 5.44. The molecule has 1 heterocycles. The number of halogens is 1. The highest BCUT2D eigenvalue weighted by atomic mass is 35.5. The van der Waals surface area contributed by atoms with Gasteiger partial charge in [-0.05, 0) is 29.7 Å². The highest BCUT2D eigenvalue weighted by molar-refractivity contribution is 6.30. The number of hydrogen-bond acceptors (Lipinski definition) is 4. The smallest absolute Gasteiger partial charge is 0.330 e. The Morgan fingerprint density at radius 1 is 1.06 bits per heavy atom. The van der Waals surface area contributed by atoms with Crippen molar-refractivity contribution in [3.8, 4) is 0 Å². The van der Waals surface area contributed by atoms with Gasteiger partial charge in [-0.25, -0.2) is 4.79 Å². The molecule has 8 heteroatoms. The zero-order chi connectivity index (χ0) is 22.4. The summed E-state index contributed by atoms with van der Waals surface area (Å²) in [7, 11) is 0. The van der Waals surface area contributed by atoms with Gasteiger partial charge in [0.2, 0.25) is 5.91 Å². The van der Waals surface area contributed by atoms with E-state index in [1.165, 1.54) is 9.47 Å². The van der Waals surface area contributed by atoms with Gasteiger partial charge in [0, 0.05) is 11.6 Å². The second-order valence-electron chi connectivity index (χ2n) is 7.27. The SMILES string of the molecule is CCCCn1c(N)c(N(Cc2ccccc2)C(=O)Cc2ccc(Cl)cc2)c(=O)[nH]c1=O. The van der Waals surface area contributed by atoms with Gasteiger partial charge in [0.25, 0.3) is 5.56 Å². The van der Waals surface area contributed by atoms with Crippen LogP contribution in [0, 0.1) is 0 Å². The van der Waals surface area contributed by atoms with E-state index in [-0.39, 0.29) is 30.4 Å². The quantitative estimate of drug-likeness (QED) is 0.560. The molecule has 0 unspecified atom stereocenters. The molecule has 3 rings (SSSR count). The van der Waals surface area contributed by atoms with E-state index in [2.05, 4.69) is 4.98 Å². The molecule has 0 spiro atoms. The summed E-state index contributed by atoms with van der Waals surface area (Å²) in [6.45, 7) is 2.49. The number of carbonyl (C=O) groups is 1. The van der Waals surface area contributed by atoms with Crippen molar-refractivity contribution in [2.45, 2.75) is 39.3 Å². The lowest BCUT2D eigenvalue weighted by Crippen LogP contribution is -2.41. The molecule has 2 aromatic carbocycles. The molecule has 31 heavy (non-hydrogen) atoms. The van der Waals surface area contributed by atoms with Gasteiger partial charge in [-0.3, -0.25) is 24.0 Å². The van der Waals surface area contributed by atoms with Crippen LogP contribution in [0.1, 0.15) is 30.9 Å². The van der Waals surface area contributed by atoms with Crippen molar-refractivity contribution in [1.29, 1.82) is 0 Å². The van der Waals surface area contributed by atoms with Gasteiger partial charge in [-0.15, -0.1) is 0 Å². The fourth-order valence-corrected chi connectivity index (χ4v) is 3.43. The molecule has 0 radical (unpaired) electrons. The molecule has 0 aliphatic heterocycles. The number of carbonyl (C=O) groups excluding carboxylic acids is 1. The molecule has 0 saturated carbocycles. The second-order valence-corrected chi connectivity index (χ2v) is 7.70. The van der Waals surface area contributed by atoms with E-state index < -0.39 is 11.2 Å². The number of nitrogens with zero attached hydrogens (tertiary/aromatic N) is 2. The molecule has 0 fully saturated rings. The number of nitrogen functional groups attached to an aromatic ring is 1. The lowest BCUT2D eigenvalue weighted by Gasteiger charge is -2.25. The minimum atomic E-state index is -0.685. The Labute approximate surface area is 185 Å². The van der Waals surface area contributed by atoms with E-state index in [9.17, 15) is 14.4 Å². The molecular formula is C23H25ClN4O3. The summed E-state index contributed by atoms with van der Waals surface area (Å²) >= 11 is 5.94. The van der Waals surface area contributed by atoms with Crippen molar-refractivity contribution in [2.75, 3.05) is 10.6 Å². The predicted molar refractivity (Wildman–Crippen MR) is 123 cm³/mol. The second kappa shape index (κ2) is 10.1. The average Bonchev–Trinajstić information content (AvgIpc) is 2.75. The van der Waals surface area contributed by atoms with Crippen molar-refractivity contribution in [1.82, 2.24) is 9.55 Å². The van der Waals surface area contributed by atoms with Crippen LogP contribution in [-0.2, 0) is 24.3 Å². The Balaban J connectivity index is 2.05. The molecule has 0 aliphatic rings. The van der Waals surface area contributed by atoms with Gasteiger partial charge in [0.05, 0.1) is 13.0 Å². The normalized spacial score (nSPS) is 10.8. The number of amides is 1. The molecule has 0 bridgehead atoms. The van der Waals surface area contributed by atoms with Crippen LogP contribution in [0.15, 0.2) is 64.2 Å². The molecule has 0 aliphatic carbocycles. The lowest BCUT2D eigenvalue weighted by atomic mass is 10.1. The highest BCUT2D eigenvalue weighted by Crippen LogP contribution is 2.21. The lowest BCUT2D eigenvalue weighted by molar-refractivity contribution is -0.118. The topological polar surface area (TPSA) is 101 Å². The minimum absolute atomic E-state index is 0.0115. The van der Waals surface area contributed by atoms with Crippen molar-refractivity contribution < 1.29 is 4.79 Å². The maximum Gasteiger partial charge on any atom is 0.330 e. The number of nitrogens with two attached hydrogens (primary N) is 1. The Morgan fingerprint density at radius 2 is 1.74 bits per heavy atom.